The first kappa shape index (κ1) is 13.3. The van der Waals surface area contributed by atoms with Crippen LogP contribution >= 0.6 is 0 Å². The largest absolute Gasteiger partial charge is 0.444 e. The van der Waals surface area contributed by atoms with Crippen LogP contribution in [0.3, 0.4) is 0 Å². The van der Waals surface area contributed by atoms with Crippen LogP contribution in [0.1, 0.15) is 38.0 Å². The topological polar surface area (TPSA) is 75.9 Å². The predicted octanol–water partition coefficient (Wildman–Crippen LogP) is 2.77. The van der Waals surface area contributed by atoms with E-state index in [0.29, 0.717) is 11.8 Å². The molecule has 0 fully saturated rings. The van der Waals surface area contributed by atoms with E-state index in [0.717, 1.165) is 24.5 Å². The van der Waals surface area contributed by atoms with Gasteiger partial charge in [-0.15, -0.1) is 0 Å². The smallest absolute Gasteiger partial charge is 0.224 e. The molecule has 0 radical (unpaired) electrons. The zero-order chi connectivity index (χ0) is 13.7. The normalized spacial score (nSPS) is 12.2. The summed E-state index contributed by atoms with van der Waals surface area (Å²) >= 11 is 0. The summed E-state index contributed by atoms with van der Waals surface area (Å²) in [4.78, 5) is 12.7. The van der Waals surface area contributed by atoms with E-state index in [-0.39, 0.29) is 6.04 Å². The Kier molecular flexibility index (Phi) is 4.33. The van der Waals surface area contributed by atoms with E-state index in [1.807, 2.05) is 19.9 Å². The molecule has 102 valence electrons. The van der Waals surface area contributed by atoms with E-state index >= 15 is 0 Å². The predicted molar refractivity (Wildman–Crippen MR) is 74.1 cm³/mol. The van der Waals surface area contributed by atoms with Crippen LogP contribution in [0.15, 0.2) is 22.9 Å². The van der Waals surface area contributed by atoms with Gasteiger partial charge in [-0.05, 0) is 26.3 Å². The van der Waals surface area contributed by atoms with Crippen LogP contribution in [0.5, 0.6) is 0 Å². The standard InChI is InChI=1S/C13H19N5O/c1-4-6-14-13-15-7-5-11(18-13)17-10(3)12-16-8-9(2)19-12/h5,7-8,10H,4,6H2,1-3H3,(H2,14,15,17,18). The van der Waals surface area contributed by atoms with Crippen LogP contribution in [-0.4, -0.2) is 21.5 Å². The number of anilines is 2. The second-order valence-corrected chi connectivity index (χ2v) is 4.37. The quantitative estimate of drug-likeness (QED) is 0.832. The van der Waals surface area contributed by atoms with Crippen molar-refractivity contribution in [2.45, 2.75) is 33.2 Å². The summed E-state index contributed by atoms with van der Waals surface area (Å²) in [6.45, 7) is 6.81. The lowest BCUT2D eigenvalue weighted by atomic mass is 10.3. The molecule has 2 rings (SSSR count). The van der Waals surface area contributed by atoms with E-state index in [1.165, 1.54) is 0 Å². The zero-order valence-electron chi connectivity index (χ0n) is 11.5. The summed E-state index contributed by atoms with van der Waals surface area (Å²) in [5, 5.41) is 6.39. The van der Waals surface area contributed by atoms with Gasteiger partial charge >= 0.3 is 0 Å². The van der Waals surface area contributed by atoms with Crippen molar-refractivity contribution in [3.63, 3.8) is 0 Å². The minimum Gasteiger partial charge on any atom is -0.444 e. The maximum Gasteiger partial charge on any atom is 0.224 e. The minimum atomic E-state index is -0.0392. The molecule has 19 heavy (non-hydrogen) atoms. The van der Waals surface area contributed by atoms with Gasteiger partial charge in [0.1, 0.15) is 17.6 Å². The van der Waals surface area contributed by atoms with E-state index in [2.05, 4.69) is 32.5 Å². The highest BCUT2D eigenvalue weighted by Crippen LogP contribution is 2.17. The van der Waals surface area contributed by atoms with E-state index in [9.17, 15) is 0 Å². The summed E-state index contributed by atoms with van der Waals surface area (Å²) in [5.74, 6) is 2.83. The Hall–Kier alpha value is -2.11. The number of hydrogen-bond donors (Lipinski definition) is 2. The second-order valence-electron chi connectivity index (χ2n) is 4.37. The average molecular weight is 261 g/mol. The highest BCUT2D eigenvalue weighted by atomic mass is 16.4. The van der Waals surface area contributed by atoms with Gasteiger partial charge in [-0.1, -0.05) is 6.92 Å². The summed E-state index contributed by atoms with van der Waals surface area (Å²) in [7, 11) is 0. The van der Waals surface area contributed by atoms with Gasteiger partial charge in [0, 0.05) is 12.7 Å². The molecule has 0 saturated heterocycles. The number of oxazole rings is 1. The molecule has 0 aliphatic carbocycles. The Labute approximate surface area is 112 Å². The van der Waals surface area contributed by atoms with Crippen molar-refractivity contribution >= 4 is 11.8 Å². The number of rotatable bonds is 6. The average Bonchev–Trinajstić information content (AvgIpc) is 2.83. The first-order chi connectivity index (χ1) is 9.19. The molecule has 0 bridgehead atoms. The lowest BCUT2D eigenvalue weighted by molar-refractivity contribution is 0.453. The molecule has 6 heteroatoms. The van der Waals surface area contributed by atoms with Crippen molar-refractivity contribution in [1.29, 1.82) is 0 Å². The molecular weight excluding hydrogens is 242 g/mol. The van der Waals surface area contributed by atoms with Crippen molar-refractivity contribution in [2.75, 3.05) is 17.2 Å². The Morgan fingerprint density at radius 1 is 1.37 bits per heavy atom. The summed E-state index contributed by atoms with van der Waals surface area (Å²) in [5.41, 5.74) is 0. The van der Waals surface area contributed by atoms with Crippen molar-refractivity contribution in [3.8, 4) is 0 Å². The fourth-order valence-electron chi connectivity index (χ4n) is 1.62. The molecule has 0 aliphatic rings. The highest BCUT2D eigenvalue weighted by Gasteiger charge is 2.11. The molecule has 2 heterocycles. The molecule has 2 aromatic rings. The molecule has 1 atom stereocenters. The van der Waals surface area contributed by atoms with Crippen LogP contribution in [0.25, 0.3) is 0 Å². The van der Waals surface area contributed by atoms with Crippen LogP contribution < -0.4 is 10.6 Å². The van der Waals surface area contributed by atoms with Crippen LogP contribution in [0.2, 0.25) is 0 Å². The monoisotopic (exact) mass is 261 g/mol. The van der Waals surface area contributed by atoms with E-state index < -0.39 is 0 Å². The molecule has 0 amide bonds. The third-order valence-electron chi connectivity index (χ3n) is 2.56. The van der Waals surface area contributed by atoms with E-state index in [1.54, 1.807) is 12.4 Å². The Balaban J connectivity index is 2.02. The summed E-state index contributed by atoms with van der Waals surface area (Å²) < 4.78 is 5.48. The van der Waals surface area contributed by atoms with Crippen LogP contribution in [0.4, 0.5) is 11.8 Å². The second kappa shape index (κ2) is 6.17. The van der Waals surface area contributed by atoms with Crippen molar-refractivity contribution in [2.24, 2.45) is 0 Å². The maximum absolute atomic E-state index is 5.48. The van der Waals surface area contributed by atoms with Gasteiger partial charge in [0.2, 0.25) is 11.8 Å². The number of aromatic nitrogens is 3. The molecule has 0 aliphatic heterocycles. The fourth-order valence-corrected chi connectivity index (χ4v) is 1.62. The molecule has 0 saturated carbocycles. The van der Waals surface area contributed by atoms with Gasteiger partial charge in [-0.25, -0.2) is 9.97 Å². The Morgan fingerprint density at radius 2 is 2.21 bits per heavy atom. The maximum atomic E-state index is 5.48. The van der Waals surface area contributed by atoms with Gasteiger partial charge in [0.15, 0.2) is 0 Å². The molecule has 2 N–H and O–H groups in total. The minimum absolute atomic E-state index is 0.0392. The highest BCUT2D eigenvalue weighted by molar-refractivity contribution is 5.40. The lowest BCUT2D eigenvalue weighted by Crippen LogP contribution is -2.10. The van der Waals surface area contributed by atoms with Gasteiger partial charge in [-0.3, -0.25) is 0 Å². The molecule has 6 nitrogen and oxygen atoms in total. The van der Waals surface area contributed by atoms with Gasteiger partial charge in [0.05, 0.1) is 6.20 Å². The number of hydrogen-bond acceptors (Lipinski definition) is 6. The number of nitrogens with zero attached hydrogens (tertiary/aromatic N) is 3. The number of nitrogens with one attached hydrogen (secondary N) is 2. The van der Waals surface area contributed by atoms with Gasteiger partial charge in [0.25, 0.3) is 0 Å². The van der Waals surface area contributed by atoms with Crippen LogP contribution in [-0.2, 0) is 0 Å². The molecule has 0 aromatic carbocycles. The third-order valence-corrected chi connectivity index (χ3v) is 2.56. The van der Waals surface area contributed by atoms with Crippen molar-refractivity contribution in [3.05, 3.63) is 30.1 Å². The molecule has 2 aromatic heterocycles. The van der Waals surface area contributed by atoms with Crippen LogP contribution in [0, 0.1) is 6.92 Å². The van der Waals surface area contributed by atoms with E-state index in [4.69, 9.17) is 4.42 Å². The van der Waals surface area contributed by atoms with Crippen molar-refractivity contribution in [1.82, 2.24) is 15.0 Å². The molecule has 0 spiro atoms. The summed E-state index contributed by atoms with van der Waals surface area (Å²) in [6, 6.07) is 1.78. The van der Waals surface area contributed by atoms with Gasteiger partial charge < -0.3 is 15.1 Å². The third kappa shape index (κ3) is 3.67. The Bertz CT molecular complexity index is 525. The SMILES string of the molecule is CCCNc1nccc(NC(C)c2ncc(C)o2)n1. The summed E-state index contributed by atoms with van der Waals surface area (Å²) in [6.07, 6.45) is 4.47. The zero-order valence-corrected chi connectivity index (χ0v) is 11.5. The first-order valence-corrected chi connectivity index (χ1v) is 6.45. The fraction of sp³-hybridized carbons (Fsp3) is 0.462. The molecule has 1 unspecified atom stereocenters. The first-order valence-electron chi connectivity index (χ1n) is 6.45. The van der Waals surface area contributed by atoms with Crippen molar-refractivity contribution < 1.29 is 4.42 Å². The Morgan fingerprint density at radius 3 is 2.89 bits per heavy atom. The number of aryl methyl sites for hydroxylation is 1. The molecular formula is C13H19N5O. The van der Waals surface area contributed by atoms with Gasteiger partial charge in [-0.2, -0.15) is 4.98 Å². The lowest BCUT2D eigenvalue weighted by Gasteiger charge is -2.11.